The SMILES string of the molecule is c1ccc(-c2ccccc2-c2ccc(N(c3ccc(-c4ccc5sc6ccccc6c5c4)cc3)c3cccc4c3sc3c(-c5ccccc5)cccc34)cc2)cc1. The lowest BCUT2D eigenvalue weighted by atomic mass is 9.94. The van der Waals surface area contributed by atoms with Crippen molar-refractivity contribution >= 4 is 80.1 Å². The normalized spacial score (nSPS) is 11.5. The molecule has 11 rings (SSSR count). The van der Waals surface area contributed by atoms with Crippen molar-refractivity contribution in [1.29, 1.82) is 0 Å². The van der Waals surface area contributed by atoms with Crippen molar-refractivity contribution in [2.75, 3.05) is 4.90 Å². The van der Waals surface area contributed by atoms with Crippen LogP contribution >= 0.6 is 22.7 Å². The summed E-state index contributed by atoms with van der Waals surface area (Å²) in [6.07, 6.45) is 0. The van der Waals surface area contributed by atoms with Gasteiger partial charge in [0.05, 0.1) is 10.4 Å². The van der Waals surface area contributed by atoms with E-state index in [4.69, 9.17) is 0 Å². The second-order valence-corrected chi connectivity index (χ2v) is 16.6. The minimum Gasteiger partial charge on any atom is -0.309 e. The van der Waals surface area contributed by atoms with Gasteiger partial charge in [0.25, 0.3) is 0 Å². The molecule has 268 valence electrons. The number of hydrogen-bond acceptors (Lipinski definition) is 3. The third-order valence-electron chi connectivity index (χ3n) is 11.1. The van der Waals surface area contributed by atoms with Crippen LogP contribution in [-0.4, -0.2) is 0 Å². The van der Waals surface area contributed by atoms with Crippen LogP contribution in [-0.2, 0) is 0 Å². The molecular formula is C54H35NS2. The van der Waals surface area contributed by atoms with Gasteiger partial charge in [-0.3, -0.25) is 0 Å². The maximum atomic E-state index is 2.44. The molecule has 0 aliphatic heterocycles. The van der Waals surface area contributed by atoms with Crippen LogP contribution in [0.1, 0.15) is 0 Å². The van der Waals surface area contributed by atoms with Gasteiger partial charge in [0.15, 0.2) is 0 Å². The van der Waals surface area contributed by atoms with Crippen molar-refractivity contribution < 1.29 is 0 Å². The summed E-state index contributed by atoms with van der Waals surface area (Å²) >= 11 is 3.75. The van der Waals surface area contributed by atoms with Gasteiger partial charge in [-0.2, -0.15) is 0 Å². The summed E-state index contributed by atoms with van der Waals surface area (Å²) in [6, 6.07) is 77.5. The van der Waals surface area contributed by atoms with Crippen LogP contribution in [0.15, 0.2) is 212 Å². The molecule has 0 aliphatic rings. The quantitative estimate of drug-likeness (QED) is 0.156. The molecule has 3 heteroatoms. The van der Waals surface area contributed by atoms with Crippen molar-refractivity contribution in [1.82, 2.24) is 0 Å². The molecule has 2 heterocycles. The van der Waals surface area contributed by atoms with Gasteiger partial charge in [0.2, 0.25) is 0 Å². The lowest BCUT2D eigenvalue weighted by Crippen LogP contribution is -2.10. The number of benzene rings is 9. The number of hydrogen-bond donors (Lipinski definition) is 0. The molecule has 0 bridgehead atoms. The average molecular weight is 762 g/mol. The monoisotopic (exact) mass is 761 g/mol. The van der Waals surface area contributed by atoms with Crippen molar-refractivity contribution in [3.63, 3.8) is 0 Å². The zero-order chi connectivity index (χ0) is 37.7. The maximum absolute atomic E-state index is 2.44. The van der Waals surface area contributed by atoms with E-state index in [-0.39, 0.29) is 0 Å². The first-order valence-corrected chi connectivity index (χ1v) is 21.0. The molecule has 1 nitrogen and oxygen atoms in total. The highest BCUT2D eigenvalue weighted by atomic mass is 32.1. The standard InChI is InChI=1S/C54H35NS2/c1-3-13-37(14-4-1)43-17-7-8-18-44(43)39-27-32-42(33-28-39)55(41-30-25-36(26-31-41)40-29-34-52-49(35-40)46-19-9-10-24-51(46)56-52)50-23-12-22-48-47-21-11-20-45(53(47)57-54(48)50)38-15-5-2-6-16-38/h1-35H. The van der Waals surface area contributed by atoms with Gasteiger partial charge in [0.1, 0.15) is 0 Å². The fourth-order valence-electron chi connectivity index (χ4n) is 8.36. The van der Waals surface area contributed by atoms with Gasteiger partial charge in [-0.15, -0.1) is 22.7 Å². The van der Waals surface area contributed by atoms with Crippen LogP contribution in [0.4, 0.5) is 17.1 Å². The Balaban J connectivity index is 1.05. The number of fused-ring (bicyclic) bond motifs is 6. The Hall–Kier alpha value is -6.78. The zero-order valence-electron chi connectivity index (χ0n) is 31.0. The molecule has 9 aromatic carbocycles. The molecule has 0 spiro atoms. The zero-order valence-corrected chi connectivity index (χ0v) is 32.6. The summed E-state index contributed by atoms with van der Waals surface area (Å²) in [7, 11) is 0. The third kappa shape index (κ3) is 5.91. The van der Waals surface area contributed by atoms with Gasteiger partial charge in [-0.25, -0.2) is 0 Å². The summed E-state index contributed by atoms with van der Waals surface area (Å²) < 4.78 is 5.24. The van der Waals surface area contributed by atoms with Gasteiger partial charge in [-0.05, 0) is 93.0 Å². The molecule has 0 fully saturated rings. The van der Waals surface area contributed by atoms with E-state index >= 15 is 0 Å². The van der Waals surface area contributed by atoms with Crippen molar-refractivity contribution in [3.05, 3.63) is 212 Å². The van der Waals surface area contributed by atoms with Gasteiger partial charge in [-0.1, -0.05) is 164 Å². The molecule has 57 heavy (non-hydrogen) atoms. The van der Waals surface area contributed by atoms with E-state index < -0.39 is 0 Å². The molecular weight excluding hydrogens is 727 g/mol. The van der Waals surface area contributed by atoms with Crippen LogP contribution in [0.3, 0.4) is 0 Å². The number of thiophene rings is 2. The summed E-state index contributed by atoms with van der Waals surface area (Å²) in [5.74, 6) is 0. The average Bonchev–Trinajstić information content (AvgIpc) is 3.86. The molecule has 0 radical (unpaired) electrons. The van der Waals surface area contributed by atoms with Gasteiger partial charge >= 0.3 is 0 Å². The minimum atomic E-state index is 1.11. The summed E-state index contributed by atoms with van der Waals surface area (Å²) in [4.78, 5) is 2.44. The van der Waals surface area contributed by atoms with E-state index in [1.807, 2.05) is 22.7 Å². The smallest absolute Gasteiger partial charge is 0.0640 e. The Morgan fingerprint density at radius 3 is 1.47 bits per heavy atom. The first kappa shape index (κ1) is 33.5. The Bertz CT molecular complexity index is 3210. The maximum Gasteiger partial charge on any atom is 0.0640 e. The molecule has 0 N–H and O–H groups in total. The molecule has 0 saturated heterocycles. The van der Waals surface area contributed by atoms with Crippen molar-refractivity contribution in [3.8, 4) is 44.5 Å². The van der Waals surface area contributed by atoms with E-state index in [1.165, 1.54) is 90.5 Å². The predicted molar refractivity (Wildman–Crippen MR) is 249 cm³/mol. The highest BCUT2D eigenvalue weighted by Crippen LogP contribution is 2.48. The van der Waals surface area contributed by atoms with Gasteiger partial charge < -0.3 is 4.90 Å². The van der Waals surface area contributed by atoms with Gasteiger partial charge in [0, 0.05) is 47.0 Å². The lowest BCUT2D eigenvalue weighted by molar-refractivity contribution is 1.30. The first-order chi connectivity index (χ1) is 28.3. The molecule has 2 aromatic heterocycles. The van der Waals surface area contributed by atoms with Crippen LogP contribution in [0.2, 0.25) is 0 Å². The van der Waals surface area contributed by atoms with E-state index in [0.29, 0.717) is 0 Å². The molecule has 0 saturated carbocycles. The van der Waals surface area contributed by atoms with Crippen molar-refractivity contribution in [2.45, 2.75) is 0 Å². The summed E-state index contributed by atoms with van der Waals surface area (Å²) in [5, 5.41) is 5.21. The first-order valence-electron chi connectivity index (χ1n) is 19.3. The predicted octanol–water partition coefficient (Wildman–Crippen LogP) is 16.6. The van der Waals surface area contributed by atoms with Crippen LogP contribution in [0.25, 0.3) is 84.9 Å². The fourth-order valence-corrected chi connectivity index (χ4v) is 10.8. The van der Waals surface area contributed by atoms with Crippen LogP contribution < -0.4 is 4.90 Å². The highest BCUT2D eigenvalue weighted by molar-refractivity contribution is 7.27. The molecule has 0 atom stereocenters. The van der Waals surface area contributed by atoms with E-state index in [9.17, 15) is 0 Å². The Morgan fingerprint density at radius 1 is 0.281 bits per heavy atom. The number of anilines is 3. The van der Waals surface area contributed by atoms with E-state index in [0.717, 1.165) is 11.4 Å². The second-order valence-electron chi connectivity index (χ2n) is 14.5. The summed E-state index contributed by atoms with van der Waals surface area (Å²) in [6.45, 7) is 0. The second kappa shape index (κ2) is 14.1. The largest absolute Gasteiger partial charge is 0.309 e. The Labute approximate surface area is 340 Å². The molecule has 0 aliphatic carbocycles. The lowest BCUT2D eigenvalue weighted by Gasteiger charge is -2.26. The molecule has 0 unspecified atom stereocenters. The van der Waals surface area contributed by atoms with E-state index in [2.05, 4.69) is 217 Å². The fraction of sp³-hybridized carbons (Fsp3) is 0. The Kier molecular flexibility index (Phi) is 8.28. The van der Waals surface area contributed by atoms with Crippen LogP contribution in [0.5, 0.6) is 0 Å². The third-order valence-corrected chi connectivity index (χ3v) is 13.5. The highest BCUT2D eigenvalue weighted by Gasteiger charge is 2.20. The topological polar surface area (TPSA) is 3.24 Å². The Morgan fingerprint density at radius 2 is 0.772 bits per heavy atom. The number of nitrogens with zero attached hydrogens (tertiary/aromatic N) is 1. The molecule has 11 aromatic rings. The van der Waals surface area contributed by atoms with Crippen molar-refractivity contribution in [2.24, 2.45) is 0 Å². The summed E-state index contributed by atoms with van der Waals surface area (Å²) in [5.41, 5.74) is 13.2. The van der Waals surface area contributed by atoms with Crippen LogP contribution in [0, 0.1) is 0 Å². The minimum absolute atomic E-state index is 1.11. The molecule has 0 amide bonds. The van der Waals surface area contributed by atoms with E-state index in [1.54, 1.807) is 0 Å². The number of rotatable bonds is 7.